The average molecular weight is 142 g/mol. The molecule has 0 unspecified atom stereocenters. The van der Waals surface area contributed by atoms with Gasteiger partial charge in [-0.1, -0.05) is 0 Å². The number of rotatable bonds is 1. The molecule has 52 valence electrons. The van der Waals surface area contributed by atoms with Crippen LogP contribution >= 0.6 is 0 Å². The predicted octanol–water partition coefficient (Wildman–Crippen LogP) is 1.30. The van der Waals surface area contributed by atoms with E-state index in [0.717, 1.165) is 0 Å². The molecule has 0 aliphatic heterocycles. The van der Waals surface area contributed by atoms with Crippen LogP contribution in [-0.4, -0.2) is 10.0 Å². The van der Waals surface area contributed by atoms with Crippen molar-refractivity contribution in [1.29, 1.82) is 0 Å². The van der Waals surface area contributed by atoms with Crippen molar-refractivity contribution in [2.45, 2.75) is 0 Å². The molecule has 0 heterocycles. The molecule has 1 rings (SSSR count). The van der Waals surface area contributed by atoms with Crippen molar-refractivity contribution in [2.24, 2.45) is 0 Å². The molecule has 1 aromatic rings. The Labute approximate surface area is 56.9 Å². The van der Waals surface area contributed by atoms with Crippen molar-refractivity contribution in [3.63, 3.8) is 0 Å². The first kappa shape index (κ1) is 6.54. The lowest BCUT2D eigenvalue weighted by molar-refractivity contribution is -0.384. The lowest BCUT2D eigenvalue weighted by Crippen LogP contribution is -1.85. The third-order valence-corrected chi connectivity index (χ3v) is 1.06. The second kappa shape index (κ2) is 2.34. The minimum Gasteiger partial charge on any atom is -0.508 e. The van der Waals surface area contributed by atoms with Crippen LogP contribution in [0.15, 0.2) is 24.3 Å². The summed E-state index contributed by atoms with van der Waals surface area (Å²) in [6, 6.07) is 5.04. The third kappa shape index (κ3) is 1.22. The molecule has 0 atom stereocenters. The van der Waals surface area contributed by atoms with Gasteiger partial charge in [0.05, 0.1) is 4.92 Å². The first-order valence-electron chi connectivity index (χ1n) is 2.63. The molecule has 0 bridgehead atoms. The number of phenols is 1. The van der Waals surface area contributed by atoms with Gasteiger partial charge in [-0.3, -0.25) is 10.1 Å². The molecular weight excluding hydrogens is 137 g/mol. The van der Waals surface area contributed by atoms with E-state index in [0.29, 0.717) is 0 Å². The van der Waals surface area contributed by atoms with Crippen LogP contribution in [-0.2, 0) is 0 Å². The zero-order chi connectivity index (χ0) is 7.56. The predicted molar refractivity (Wildman–Crippen MR) is 34.8 cm³/mol. The maximum atomic E-state index is 10.0. The van der Waals surface area contributed by atoms with Gasteiger partial charge in [-0.25, -0.2) is 0 Å². The van der Waals surface area contributed by atoms with Crippen LogP contribution in [0.25, 0.3) is 0 Å². The number of non-ortho nitro benzene ring substituents is 1. The molecule has 0 radical (unpaired) electrons. The highest BCUT2D eigenvalue weighted by Crippen LogP contribution is 2.14. The van der Waals surface area contributed by atoms with Gasteiger partial charge < -0.3 is 5.11 Å². The van der Waals surface area contributed by atoms with Gasteiger partial charge in [-0.05, 0) is 12.1 Å². The number of benzene rings is 1. The summed E-state index contributed by atoms with van der Waals surface area (Å²) in [7, 11) is 0. The summed E-state index contributed by atoms with van der Waals surface area (Å²) in [5.41, 5.74) is -0.0159. The number of nitro groups is 1. The molecule has 1 N–H and O–H groups in total. The monoisotopic (exact) mass is 142 g/mol. The first-order valence-corrected chi connectivity index (χ1v) is 2.63. The van der Waals surface area contributed by atoms with Crippen molar-refractivity contribution in [3.8, 4) is 5.75 Å². The Bertz CT molecular complexity index is 242. The number of nitrogens with zero attached hydrogens (tertiary/aromatic N) is 1. The van der Waals surface area contributed by atoms with Crippen molar-refractivity contribution in [2.75, 3.05) is 0 Å². The minimum absolute atomic E-state index is 0.0159. The van der Waals surface area contributed by atoms with E-state index in [-0.39, 0.29) is 11.4 Å². The molecule has 4 heteroatoms. The third-order valence-electron chi connectivity index (χ3n) is 1.06. The summed E-state index contributed by atoms with van der Waals surface area (Å²) in [6.45, 7) is 0. The second-order valence-electron chi connectivity index (χ2n) is 1.77. The topological polar surface area (TPSA) is 63.4 Å². The Kier molecular flexibility index (Phi) is 1.53. The number of hydrogen-bond acceptors (Lipinski definition) is 3. The highest BCUT2D eigenvalue weighted by molar-refractivity contribution is 5.34. The van der Waals surface area contributed by atoms with E-state index in [1.165, 1.54) is 24.3 Å². The van der Waals surface area contributed by atoms with Crippen LogP contribution in [0.2, 0.25) is 0 Å². The molecule has 10 heavy (non-hydrogen) atoms. The minimum atomic E-state index is -0.514. The van der Waals surface area contributed by atoms with E-state index in [1.807, 2.05) is 0 Å². The maximum absolute atomic E-state index is 10.0. The molecule has 0 spiro atoms. The molecule has 0 aliphatic carbocycles. The number of aromatic hydroxyl groups is 1. The molecule has 0 amide bonds. The second-order valence-corrected chi connectivity index (χ2v) is 1.77. The van der Waals surface area contributed by atoms with Gasteiger partial charge in [-0.2, -0.15) is 0 Å². The molecule has 1 aromatic carbocycles. The summed E-state index contributed by atoms with van der Waals surface area (Å²) in [6.07, 6.45) is 0. The highest BCUT2D eigenvalue weighted by Gasteiger charge is 2.01. The van der Waals surface area contributed by atoms with Crippen molar-refractivity contribution in [3.05, 3.63) is 34.4 Å². The Morgan fingerprint density at radius 1 is 1.30 bits per heavy atom. The largest absolute Gasteiger partial charge is 0.508 e. The van der Waals surface area contributed by atoms with Crippen LogP contribution in [0.5, 0.6) is 5.75 Å². The van der Waals surface area contributed by atoms with Crippen LogP contribution in [0.3, 0.4) is 0 Å². The van der Waals surface area contributed by atoms with E-state index >= 15 is 0 Å². The van der Waals surface area contributed by atoms with Gasteiger partial charge >= 0.3 is 0 Å². The van der Waals surface area contributed by atoms with Gasteiger partial charge in [0.25, 0.3) is 5.69 Å². The lowest BCUT2D eigenvalue weighted by Gasteiger charge is -1.89. The zero-order valence-electron chi connectivity index (χ0n) is 5.02. The Morgan fingerprint density at radius 3 is 2.20 bits per heavy atom. The van der Waals surface area contributed by atoms with Gasteiger partial charge in [0, 0.05) is 12.1 Å². The smallest absolute Gasteiger partial charge is 0.269 e. The fourth-order valence-electron chi connectivity index (χ4n) is 0.574. The zero-order valence-corrected chi connectivity index (χ0v) is 5.02. The Morgan fingerprint density at radius 2 is 1.80 bits per heavy atom. The van der Waals surface area contributed by atoms with E-state index < -0.39 is 4.92 Å². The Balaban J connectivity index is 3.00. The van der Waals surface area contributed by atoms with Gasteiger partial charge in [0.2, 0.25) is 0 Å². The standard InChI is InChI=1S/C6H5NO3/c8-6-3-1-5(2-4-6)7(9)10/h1-4,8H/i3+1,4+1,6+1. The van der Waals surface area contributed by atoms with Crippen LogP contribution in [0.4, 0.5) is 5.69 Å². The average Bonchev–Trinajstić information content (AvgIpc) is 1.88. The summed E-state index contributed by atoms with van der Waals surface area (Å²) in [5.74, 6) is 0.0330. The summed E-state index contributed by atoms with van der Waals surface area (Å²) >= 11 is 0. The van der Waals surface area contributed by atoms with Gasteiger partial charge in [0.15, 0.2) is 0 Å². The van der Waals surface area contributed by atoms with E-state index in [2.05, 4.69) is 0 Å². The Hall–Kier alpha value is -1.58. The summed E-state index contributed by atoms with van der Waals surface area (Å²) in [5, 5.41) is 18.8. The first-order chi connectivity index (χ1) is 4.70. The van der Waals surface area contributed by atoms with Crippen LogP contribution in [0.1, 0.15) is 0 Å². The molecular formula is C6H5NO3. The fourth-order valence-corrected chi connectivity index (χ4v) is 0.574. The number of phenolic OH excluding ortho intramolecular Hbond substituents is 1. The fraction of sp³-hybridized carbons (Fsp3) is 0. The SMILES string of the molecule is O=[N+]([O-])c1c[13cH][13c](O)[13cH]c1. The quantitative estimate of drug-likeness (QED) is 0.474. The highest BCUT2D eigenvalue weighted by atomic mass is 16.6. The normalized spacial score (nSPS) is 9.20. The van der Waals surface area contributed by atoms with E-state index in [1.54, 1.807) is 0 Å². The lowest BCUT2D eigenvalue weighted by atomic mass is 10.5. The van der Waals surface area contributed by atoms with Crippen molar-refractivity contribution < 1.29 is 10.0 Å². The summed E-state index contributed by atoms with van der Waals surface area (Å²) in [4.78, 5) is 9.52. The van der Waals surface area contributed by atoms with Crippen LogP contribution < -0.4 is 0 Å². The number of hydrogen-bond donors (Lipinski definition) is 1. The van der Waals surface area contributed by atoms with Crippen LogP contribution in [0, 0.1) is 10.1 Å². The van der Waals surface area contributed by atoms with E-state index in [9.17, 15) is 10.1 Å². The van der Waals surface area contributed by atoms with Crippen molar-refractivity contribution in [1.82, 2.24) is 0 Å². The van der Waals surface area contributed by atoms with E-state index in [4.69, 9.17) is 5.11 Å². The molecule has 0 aromatic heterocycles. The van der Waals surface area contributed by atoms with Gasteiger partial charge in [0.1, 0.15) is 5.75 Å². The van der Waals surface area contributed by atoms with Gasteiger partial charge in [-0.15, -0.1) is 0 Å². The molecule has 0 fully saturated rings. The molecule has 0 saturated carbocycles. The van der Waals surface area contributed by atoms with Crippen molar-refractivity contribution >= 4 is 5.69 Å². The molecule has 4 nitrogen and oxygen atoms in total. The molecule has 0 aliphatic rings. The molecule has 0 saturated heterocycles. The number of nitro benzene ring substituents is 1. The summed E-state index contributed by atoms with van der Waals surface area (Å²) < 4.78 is 0. The maximum Gasteiger partial charge on any atom is 0.269 e.